The van der Waals surface area contributed by atoms with Crippen LogP contribution in [0.3, 0.4) is 0 Å². The van der Waals surface area contributed by atoms with E-state index in [0.717, 1.165) is 36.9 Å². The van der Waals surface area contributed by atoms with E-state index in [1.807, 2.05) is 0 Å². The number of hydrogen-bond donors (Lipinski definition) is 2. The van der Waals surface area contributed by atoms with Gasteiger partial charge in [0.25, 0.3) is 0 Å². The molecule has 2 rings (SSSR count). The number of carbonyl (C=O) groups is 1. The van der Waals surface area contributed by atoms with Gasteiger partial charge in [0.05, 0.1) is 6.61 Å². The van der Waals surface area contributed by atoms with Crippen LogP contribution in [0.25, 0.3) is 0 Å². The van der Waals surface area contributed by atoms with Crippen molar-refractivity contribution < 1.29 is 9.90 Å². The molecule has 0 spiro atoms. The topological polar surface area (TPSA) is 52.6 Å². The lowest BCUT2D eigenvalue weighted by Gasteiger charge is -2.23. The fourth-order valence-electron chi connectivity index (χ4n) is 2.40. The Hall–Kier alpha value is -1.55. The first kappa shape index (κ1) is 14.9. The van der Waals surface area contributed by atoms with Crippen LogP contribution in [-0.4, -0.2) is 35.2 Å². The third-order valence-corrected chi connectivity index (χ3v) is 3.79. The number of anilines is 1. The SMILES string of the molecule is CCc1ccc(CC)c(NC(=O)N(CCO)C2CC2)c1. The zero-order chi connectivity index (χ0) is 14.5. The predicted molar refractivity (Wildman–Crippen MR) is 81.0 cm³/mol. The van der Waals surface area contributed by atoms with Crippen molar-refractivity contribution in [2.75, 3.05) is 18.5 Å². The van der Waals surface area contributed by atoms with Gasteiger partial charge in [0.2, 0.25) is 0 Å². The zero-order valence-corrected chi connectivity index (χ0v) is 12.4. The van der Waals surface area contributed by atoms with Crippen molar-refractivity contribution in [1.29, 1.82) is 0 Å². The van der Waals surface area contributed by atoms with Crippen molar-refractivity contribution >= 4 is 11.7 Å². The summed E-state index contributed by atoms with van der Waals surface area (Å²) in [4.78, 5) is 14.1. The van der Waals surface area contributed by atoms with Crippen LogP contribution in [0.4, 0.5) is 10.5 Å². The highest BCUT2D eigenvalue weighted by Crippen LogP contribution is 2.28. The quantitative estimate of drug-likeness (QED) is 0.839. The highest BCUT2D eigenvalue weighted by atomic mass is 16.3. The Morgan fingerprint density at radius 3 is 2.65 bits per heavy atom. The van der Waals surface area contributed by atoms with Crippen LogP contribution in [0.15, 0.2) is 18.2 Å². The molecule has 1 saturated carbocycles. The molecule has 4 heteroatoms. The number of aryl methyl sites for hydroxylation is 2. The van der Waals surface area contributed by atoms with Crippen LogP contribution >= 0.6 is 0 Å². The fourth-order valence-corrected chi connectivity index (χ4v) is 2.40. The van der Waals surface area contributed by atoms with E-state index in [1.165, 1.54) is 5.56 Å². The van der Waals surface area contributed by atoms with E-state index in [0.29, 0.717) is 12.6 Å². The van der Waals surface area contributed by atoms with Gasteiger partial charge in [0.1, 0.15) is 0 Å². The van der Waals surface area contributed by atoms with Crippen molar-refractivity contribution in [3.63, 3.8) is 0 Å². The predicted octanol–water partition coefficient (Wildman–Crippen LogP) is 2.80. The highest BCUT2D eigenvalue weighted by Gasteiger charge is 2.32. The van der Waals surface area contributed by atoms with Crippen LogP contribution < -0.4 is 5.32 Å². The largest absolute Gasteiger partial charge is 0.395 e. The number of rotatable bonds is 6. The van der Waals surface area contributed by atoms with Crippen LogP contribution in [-0.2, 0) is 12.8 Å². The lowest BCUT2D eigenvalue weighted by molar-refractivity contribution is 0.185. The normalized spacial score (nSPS) is 14.2. The minimum Gasteiger partial charge on any atom is -0.395 e. The maximum absolute atomic E-state index is 12.4. The Bertz CT molecular complexity index is 470. The maximum Gasteiger partial charge on any atom is 0.322 e. The molecular formula is C16H24N2O2. The first-order chi connectivity index (χ1) is 9.69. The molecule has 1 fully saturated rings. The van der Waals surface area contributed by atoms with Gasteiger partial charge >= 0.3 is 6.03 Å². The van der Waals surface area contributed by atoms with Crippen molar-refractivity contribution in [3.8, 4) is 0 Å². The Balaban J connectivity index is 2.12. The number of amides is 2. The molecule has 0 atom stereocenters. The van der Waals surface area contributed by atoms with E-state index in [9.17, 15) is 4.79 Å². The summed E-state index contributed by atoms with van der Waals surface area (Å²) in [6, 6.07) is 6.47. The van der Waals surface area contributed by atoms with Gasteiger partial charge in [-0.3, -0.25) is 0 Å². The van der Waals surface area contributed by atoms with Crippen LogP contribution in [0.5, 0.6) is 0 Å². The number of urea groups is 1. The Morgan fingerprint density at radius 1 is 1.35 bits per heavy atom. The number of nitrogens with zero attached hydrogens (tertiary/aromatic N) is 1. The smallest absolute Gasteiger partial charge is 0.322 e. The van der Waals surface area contributed by atoms with Gasteiger partial charge < -0.3 is 15.3 Å². The lowest BCUT2D eigenvalue weighted by atomic mass is 10.1. The molecule has 0 aliphatic heterocycles. The fraction of sp³-hybridized carbons (Fsp3) is 0.562. The van der Waals surface area contributed by atoms with E-state index in [4.69, 9.17) is 5.11 Å². The van der Waals surface area contributed by atoms with Gasteiger partial charge in [0.15, 0.2) is 0 Å². The van der Waals surface area contributed by atoms with Gasteiger partial charge in [0, 0.05) is 18.3 Å². The van der Waals surface area contributed by atoms with Gasteiger partial charge in [-0.25, -0.2) is 4.79 Å². The number of carbonyl (C=O) groups excluding carboxylic acids is 1. The first-order valence-electron chi connectivity index (χ1n) is 7.49. The van der Waals surface area contributed by atoms with Crippen molar-refractivity contribution in [2.45, 2.75) is 45.6 Å². The summed E-state index contributed by atoms with van der Waals surface area (Å²) in [6.07, 6.45) is 3.94. The van der Waals surface area contributed by atoms with Crippen LogP contribution in [0.2, 0.25) is 0 Å². The molecule has 2 N–H and O–H groups in total. The van der Waals surface area contributed by atoms with Gasteiger partial charge in [-0.2, -0.15) is 0 Å². The van der Waals surface area contributed by atoms with Gasteiger partial charge in [-0.1, -0.05) is 26.0 Å². The Kier molecular flexibility index (Phi) is 5.01. The van der Waals surface area contributed by atoms with Gasteiger partial charge in [-0.15, -0.1) is 0 Å². The average molecular weight is 276 g/mol. The molecule has 0 aromatic heterocycles. The Morgan fingerprint density at radius 2 is 2.10 bits per heavy atom. The molecule has 1 aromatic rings. The standard InChI is InChI=1S/C16H24N2O2/c1-3-12-5-6-13(4-2)15(11-12)17-16(20)18(9-10-19)14-7-8-14/h5-6,11,14,19H,3-4,7-10H2,1-2H3,(H,17,20). The second kappa shape index (κ2) is 6.75. The van der Waals surface area contributed by atoms with Crippen molar-refractivity contribution in [1.82, 2.24) is 4.90 Å². The van der Waals surface area contributed by atoms with E-state index < -0.39 is 0 Å². The molecule has 0 radical (unpaired) electrons. The number of nitrogens with one attached hydrogen (secondary N) is 1. The summed E-state index contributed by atoms with van der Waals surface area (Å²) in [5.74, 6) is 0. The summed E-state index contributed by atoms with van der Waals surface area (Å²) < 4.78 is 0. The monoisotopic (exact) mass is 276 g/mol. The second-order valence-electron chi connectivity index (χ2n) is 5.28. The molecule has 20 heavy (non-hydrogen) atoms. The van der Waals surface area contributed by atoms with Crippen molar-refractivity contribution in [3.05, 3.63) is 29.3 Å². The molecule has 0 bridgehead atoms. The minimum absolute atomic E-state index is 0.0134. The van der Waals surface area contributed by atoms with Crippen molar-refractivity contribution in [2.24, 2.45) is 0 Å². The van der Waals surface area contributed by atoms with E-state index in [2.05, 4.69) is 37.4 Å². The third-order valence-electron chi connectivity index (χ3n) is 3.79. The summed E-state index contributed by atoms with van der Waals surface area (Å²) in [6.45, 7) is 4.61. The lowest BCUT2D eigenvalue weighted by Crippen LogP contribution is -2.38. The maximum atomic E-state index is 12.4. The molecular weight excluding hydrogens is 252 g/mol. The van der Waals surface area contributed by atoms with Crippen LogP contribution in [0.1, 0.15) is 37.8 Å². The third kappa shape index (κ3) is 3.51. The summed E-state index contributed by atoms with van der Waals surface area (Å²) >= 11 is 0. The number of aliphatic hydroxyl groups is 1. The highest BCUT2D eigenvalue weighted by molar-refractivity contribution is 5.90. The van der Waals surface area contributed by atoms with E-state index in [-0.39, 0.29) is 12.6 Å². The number of benzene rings is 1. The molecule has 1 aromatic carbocycles. The molecule has 2 amide bonds. The summed E-state index contributed by atoms with van der Waals surface area (Å²) in [5, 5.41) is 12.1. The van der Waals surface area contributed by atoms with Crippen LogP contribution in [0, 0.1) is 0 Å². The molecule has 4 nitrogen and oxygen atoms in total. The number of hydrogen-bond acceptors (Lipinski definition) is 2. The molecule has 0 heterocycles. The number of aliphatic hydroxyl groups excluding tert-OH is 1. The van der Waals surface area contributed by atoms with E-state index in [1.54, 1.807) is 4.90 Å². The minimum atomic E-state index is -0.0931. The molecule has 0 saturated heterocycles. The molecule has 0 unspecified atom stereocenters. The van der Waals surface area contributed by atoms with Gasteiger partial charge in [-0.05, 0) is 42.9 Å². The van der Waals surface area contributed by atoms with E-state index >= 15 is 0 Å². The molecule has 1 aliphatic rings. The average Bonchev–Trinajstić information content (AvgIpc) is 3.29. The summed E-state index contributed by atoms with van der Waals surface area (Å²) in [7, 11) is 0. The second-order valence-corrected chi connectivity index (χ2v) is 5.28. The Labute approximate surface area is 120 Å². The molecule has 1 aliphatic carbocycles. The first-order valence-corrected chi connectivity index (χ1v) is 7.49. The molecule has 110 valence electrons. The summed E-state index contributed by atoms with van der Waals surface area (Å²) in [5.41, 5.74) is 3.27. The zero-order valence-electron chi connectivity index (χ0n) is 12.4.